The maximum atomic E-state index is 5.58. The first-order valence-electron chi connectivity index (χ1n) is 5.56. The minimum Gasteiger partial charge on any atom is -0.349 e. The van der Waals surface area contributed by atoms with Crippen LogP contribution in [0.1, 0.15) is 36.7 Å². The zero-order valence-electron chi connectivity index (χ0n) is 9.64. The van der Waals surface area contributed by atoms with Gasteiger partial charge in [0.2, 0.25) is 0 Å². The van der Waals surface area contributed by atoms with E-state index in [-0.39, 0.29) is 0 Å². The average molecular weight is 194 g/mol. The van der Waals surface area contributed by atoms with Gasteiger partial charge < -0.3 is 10.3 Å². The second kappa shape index (κ2) is 5.20. The van der Waals surface area contributed by atoms with Crippen LogP contribution in [0.15, 0.2) is 6.07 Å². The molecule has 0 saturated heterocycles. The van der Waals surface area contributed by atoms with Crippen molar-refractivity contribution in [1.82, 2.24) is 4.57 Å². The first-order valence-corrected chi connectivity index (χ1v) is 5.56. The van der Waals surface area contributed by atoms with Crippen LogP contribution < -0.4 is 5.73 Å². The van der Waals surface area contributed by atoms with Crippen molar-refractivity contribution in [3.05, 3.63) is 23.0 Å². The summed E-state index contributed by atoms with van der Waals surface area (Å²) in [4.78, 5) is 0. The van der Waals surface area contributed by atoms with E-state index in [1.807, 2.05) is 0 Å². The first-order chi connectivity index (χ1) is 6.70. The predicted octanol–water partition coefficient (Wildman–Crippen LogP) is 2.41. The van der Waals surface area contributed by atoms with E-state index in [0.29, 0.717) is 0 Å². The quantitative estimate of drug-likeness (QED) is 0.766. The average Bonchev–Trinajstić information content (AvgIpc) is 2.41. The summed E-state index contributed by atoms with van der Waals surface area (Å²) in [5.41, 5.74) is 9.78. The number of hydrogen-bond acceptors (Lipinski definition) is 1. The smallest absolute Gasteiger partial charge is 0.0224 e. The molecule has 14 heavy (non-hydrogen) atoms. The third kappa shape index (κ3) is 2.38. The summed E-state index contributed by atoms with van der Waals surface area (Å²) in [5, 5.41) is 0. The molecule has 0 bridgehead atoms. The highest BCUT2D eigenvalue weighted by molar-refractivity contribution is 5.26. The van der Waals surface area contributed by atoms with Gasteiger partial charge in [-0.3, -0.25) is 0 Å². The lowest BCUT2D eigenvalue weighted by atomic mass is 10.2. The molecule has 0 aromatic carbocycles. The molecule has 0 radical (unpaired) electrons. The van der Waals surface area contributed by atoms with Gasteiger partial charge in [-0.05, 0) is 44.9 Å². The molecule has 1 heterocycles. The summed E-state index contributed by atoms with van der Waals surface area (Å²) in [6.45, 7) is 8.52. The molecule has 0 aliphatic rings. The van der Waals surface area contributed by atoms with Gasteiger partial charge in [-0.1, -0.05) is 13.3 Å². The third-order valence-corrected chi connectivity index (χ3v) is 2.83. The number of nitrogens with zero attached hydrogens (tertiary/aromatic N) is 1. The fourth-order valence-corrected chi connectivity index (χ4v) is 1.94. The highest BCUT2D eigenvalue weighted by Crippen LogP contribution is 2.16. The lowest BCUT2D eigenvalue weighted by molar-refractivity contribution is 0.607. The van der Waals surface area contributed by atoms with Crippen molar-refractivity contribution in [3.8, 4) is 0 Å². The Morgan fingerprint density at radius 3 is 2.64 bits per heavy atom. The molecule has 0 aliphatic carbocycles. The molecular formula is C12H22N2. The summed E-state index contributed by atoms with van der Waals surface area (Å²) in [7, 11) is 0. The largest absolute Gasteiger partial charge is 0.349 e. The standard InChI is InChI=1S/C12H22N2/c1-4-5-8-14-10(2)9-12(6-7-13)11(14)3/h9H,4-8,13H2,1-3H3. The molecule has 2 nitrogen and oxygen atoms in total. The molecule has 1 rings (SSSR count). The molecule has 0 unspecified atom stereocenters. The van der Waals surface area contributed by atoms with Gasteiger partial charge in [0, 0.05) is 17.9 Å². The van der Waals surface area contributed by atoms with E-state index in [4.69, 9.17) is 5.73 Å². The molecule has 2 heteroatoms. The number of aryl methyl sites for hydroxylation is 1. The molecule has 0 aliphatic heterocycles. The molecule has 0 atom stereocenters. The number of unbranched alkanes of at least 4 members (excludes halogenated alkanes) is 1. The van der Waals surface area contributed by atoms with Gasteiger partial charge in [0.15, 0.2) is 0 Å². The monoisotopic (exact) mass is 194 g/mol. The Morgan fingerprint density at radius 1 is 1.36 bits per heavy atom. The maximum absolute atomic E-state index is 5.58. The number of nitrogens with two attached hydrogens (primary N) is 1. The molecule has 80 valence electrons. The highest BCUT2D eigenvalue weighted by Gasteiger charge is 2.07. The van der Waals surface area contributed by atoms with Gasteiger partial charge in [0.05, 0.1) is 0 Å². The first kappa shape index (κ1) is 11.3. The van der Waals surface area contributed by atoms with E-state index in [1.54, 1.807) is 0 Å². The van der Waals surface area contributed by atoms with Crippen molar-refractivity contribution >= 4 is 0 Å². The normalized spacial score (nSPS) is 10.9. The van der Waals surface area contributed by atoms with Crippen molar-refractivity contribution in [2.75, 3.05) is 6.54 Å². The minimum atomic E-state index is 0.748. The number of aromatic nitrogens is 1. The zero-order valence-corrected chi connectivity index (χ0v) is 9.64. The summed E-state index contributed by atoms with van der Waals surface area (Å²) in [6, 6.07) is 2.28. The van der Waals surface area contributed by atoms with Crippen LogP contribution in [0.3, 0.4) is 0 Å². The van der Waals surface area contributed by atoms with E-state index in [9.17, 15) is 0 Å². The van der Waals surface area contributed by atoms with E-state index in [2.05, 4.69) is 31.4 Å². The summed E-state index contributed by atoms with van der Waals surface area (Å²) < 4.78 is 2.41. The molecular weight excluding hydrogens is 172 g/mol. The van der Waals surface area contributed by atoms with Gasteiger partial charge >= 0.3 is 0 Å². The van der Waals surface area contributed by atoms with Crippen LogP contribution >= 0.6 is 0 Å². The Morgan fingerprint density at radius 2 is 2.07 bits per heavy atom. The Labute approximate surface area is 87.1 Å². The summed E-state index contributed by atoms with van der Waals surface area (Å²) in [5.74, 6) is 0. The van der Waals surface area contributed by atoms with Crippen LogP contribution in [-0.4, -0.2) is 11.1 Å². The fraction of sp³-hybridized carbons (Fsp3) is 0.667. The molecule has 0 saturated carbocycles. The van der Waals surface area contributed by atoms with E-state index in [0.717, 1.165) is 19.5 Å². The second-order valence-electron chi connectivity index (χ2n) is 3.94. The number of rotatable bonds is 5. The minimum absolute atomic E-state index is 0.748. The van der Waals surface area contributed by atoms with Crippen LogP contribution in [0.4, 0.5) is 0 Å². The zero-order chi connectivity index (χ0) is 10.6. The lowest BCUT2D eigenvalue weighted by Gasteiger charge is -2.08. The molecule has 0 fully saturated rings. The van der Waals surface area contributed by atoms with Crippen molar-refractivity contribution in [3.63, 3.8) is 0 Å². The maximum Gasteiger partial charge on any atom is 0.0224 e. The topological polar surface area (TPSA) is 30.9 Å². The van der Waals surface area contributed by atoms with Crippen molar-refractivity contribution < 1.29 is 0 Å². The van der Waals surface area contributed by atoms with Gasteiger partial charge in [-0.15, -0.1) is 0 Å². The molecule has 1 aromatic rings. The predicted molar refractivity (Wildman–Crippen MR) is 61.6 cm³/mol. The molecule has 1 aromatic heterocycles. The van der Waals surface area contributed by atoms with Crippen LogP contribution in [0, 0.1) is 13.8 Å². The SMILES string of the molecule is CCCCn1c(C)cc(CCN)c1C. The molecule has 2 N–H and O–H groups in total. The van der Waals surface area contributed by atoms with E-state index < -0.39 is 0 Å². The van der Waals surface area contributed by atoms with E-state index >= 15 is 0 Å². The number of hydrogen-bond donors (Lipinski definition) is 1. The Balaban J connectivity index is 2.81. The van der Waals surface area contributed by atoms with Gasteiger partial charge in [0.25, 0.3) is 0 Å². The summed E-state index contributed by atoms with van der Waals surface area (Å²) in [6.07, 6.45) is 3.52. The van der Waals surface area contributed by atoms with Crippen LogP contribution in [0.25, 0.3) is 0 Å². The summed E-state index contributed by atoms with van der Waals surface area (Å²) >= 11 is 0. The molecule has 0 spiro atoms. The van der Waals surface area contributed by atoms with Crippen LogP contribution in [0.2, 0.25) is 0 Å². The fourth-order valence-electron chi connectivity index (χ4n) is 1.94. The third-order valence-electron chi connectivity index (χ3n) is 2.83. The van der Waals surface area contributed by atoms with Gasteiger partial charge in [-0.2, -0.15) is 0 Å². The van der Waals surface area contributed by atoms with Crippen molar-refractivity contribution in [2.45, 2.75) is 46.6 Å². The molecule has 0 amide bonds. The van der Waals surface area contributed by atoms with Gasteiger partial charge in [-0.25, -0.2) is 0 Å². The Hall–Kier alpha value is -0.760. The lowest BCUT2D eigenvalue weighted by Crippen LogP contribution is -2.05. The van der Waals surface area contributed by atoms with Gasteiger partial charge in [0.1, 0.15) is 0 Å². The van der Waals surface area contributed by atoms with Crippen LogP contribution in [-0.2, 0) is 13.0 Å². The van der Waals surface area contributed by atoms with Crippen molar-refractivity contribution in [2.24, 2.45) is 5.73 Å². The van der Waals surface area contributed by atoms with Crippen LogP contribution in [0.5, 0.6) is 0 Å². The Kier molecular flexibility index (Phi) is 4.21. The van der Waals surface area contributed by atoms with Crippen molar-refractivity contribution in [1.29, 1.82) is 0 Å². The highest BCUT2D eigenvalue weighted by atomic mass is 15.0. The van der Waals surface area contributed by atoms with E-state index in [1.165, 1.54) is 29.8 Å². The second-order valence-corrected chi connectivity index (χ2v) is 3.94. The Bertz CT molecular complexity index is 287.